The molecule has 0 spiro atoms. The van der Waals surface area contributed by atoms with Crippen molar-refractivity contribution in [2.45, 2.75) is 25.7 Å². The Kier molecular flexibility index (Phi) is 3.73. The van der Waals surface area contributed by atoms with Gasteiger partial charge in [-0.25, -0.2) is 0 Å². The highest BCUT2D eigenvalue weighted by Gasteiger charge is 2.25. The monoisotopic (exact) mass is 185 g/mol. The van der Waals surface area contributed by atoms with Crippen LogP contribution in [0.1, 0.15) is 25.7 Å². The third kappa shape index (κ3) is 2.72. The Morgan fingerprint density at radius 3 is 2.54 bits per heavy atom. The number of rotatable bonds is 2. The lowest BCUT2D eigenvalue weighted by Crippen LogP contribution is -2.23. The van der Waals surface area contributed by atoms with Crippen LogP contribution in [0, 0.1) is 11.8 Å². The molecule has 0 radical (unpaired) electrons. The first kappa shape index (κ1) is 10.0. The number of ether oxygens (including phenoxy) is 1. The Bertz CT molecular complexity index is 195. The summed E-state index contributed by atoms with van der Waals surface area (Å²) in [6.07, 6.45) is 5.04. The maximum absolute atomic E-state index is 11.1. The first-order valence-corrected chi connectivity index (χ1v) is 4.53. The zero-order valence-corrected chi connectivity index (χ0v) is 7.77. The number of carbonyl (C=O) groups excluding carboxylic acids is 1. The molecule has 4 heteroatoms. The van der Waals surface area contributed by atoms with E-state index in [2.05, 4.69) is 9.89 Å². The van der Waals surface area contributed by atoms with Gasteiger partial charge < -0.3 is 9.94 Å². The van der Waals surface area contributed by atoms with E-state index in [4.69, 9.17) is 5.21 Å². The molecule has 4 nitrogen and oxygen atoms in total. The van der Waals surface area contributed by atoms with Crippen LogP contribution in [-0.2, 0) is 9.53 Å². The van der Waals surface area contributed by atoms with Crippen LogP contribution in [0.25, 0.3) is 0 Å². The second-order valence-electron chi connectivity index (χ2n) is 3.40. The normalized spacial score (nSPS) is 29.0. The summed E-state index contributed by atoms with van der Waals surface area (Å²) in [5, 5.41) is 11.3. The molecule has 1 saturated carbocycles. The number of nitrogens with zero attached hydrogens (tertiary/aromatic N) is 1. The van der Waals surface area contributed by atoms with Crippen molar-refractivity contribution in [3.05, 3.63) is 0 Å². The summed E-state index contributed by atoms with van der Waals surface area (Å²) in [5.41, 5.74) is 0. The fourth-order valence-corrected chi connectivity index (χ4v) is 1.76. The van der Waals surface area contributed by atoms with E-state index in [1.54, 1.807) is 6.21 Å². The first-order chi connectivity index (χ1) is 6.27. The van der Waals surface area contributed by atoms with Crippen LogP contribution in [-0.4, -0.2) is 24.5 Å². The Morgan fingerprint density at radius 2 is 2.08 bits per heavy atom. The fourth-order valence-electron chi connectivity index (χ4n) is 1.76. The Balaban J connectivity index is 2.34. The second-order valence-corrected chi connectivity index (χ2v) is 3.40. The van der Waals surface area contributed by atoms with Crippen LogP contribution in [0.15, 0.2) is 5.16 Å². The minimum Gasteiger partial charge on any atom is -0.469 e. The number of esters is 1. The SMILES string of the molecule is COC(=O)C1CCC(/C=N/O)CC1. The lowest BCUT2D eigenvalue weighted by Gasteiger charge is -2.23. The molecule has 0 aromatic rings. The third-order valence-corrected chi connectivity index (χ3v) is 2.58. The standard InChI is InChI=1S/C9H15NO3/c1-13-9(11)8-4-2-7(3-5-8)6-10-12/h6-8,12H,2-5H2,1H3/b10-6+. The average Bonchev–Trinajstić information content (AvgIpc) is 2.18. The van der Waals surface area contributed by atoms with E-state index in [9.17, 15) is 4.79 Å². The summed E-state index contributed by atoms with van der Waals surface area (Å²) < 4.78 is 4.66. The third-order valence-electron chi connectivity index (χ3n) is 2.58. The maximum atomic E-state index is 11.1. The maximum Gasteiger partial charge on any atom is 0.308 e. The smallest absolute Gasteiger partial charge is 0.308 e. The number of oxime groups is 1. The predicted molar refractivity (Wildman–Crippen MR) is 47.7 cm³/mol. The second kappa shape index (κ2) is 4.84. The van der Waals surface area contributed by atoms with Crippen LogP contribution < -0.4 is 0 Å². The molecule has 13 heavy (non-hydrogen) atoms. The van der Waals surface area contributed by atoms with Gasteiger partial charge in [0.05, 0.1) is 13.0 Å². The molecule has 1 rings (SSSR count). The molecule has 0 aromatic heterocycles. The van der Waals surface area contributed by atoms with E-state index in [1.165, 1.54) is 7.11 Å². The van der Waals surface area contributed by atoms with Gasteiger partial charge in [-0.05, 0) is 31.6 Å². The van der Waals surface area contributed by atoms with E-state index < -0.39 is 0 Å². The molecule has 1 fully saturated rings. The van der Waals surface area contributed by atoms with Crippen LogP contribution in [0.2, 0.25) is 0 Å². The molecule has 0 atom stereocenters. The van der Waals surface area contributed by atoms with Crippen LogP contribution >= 0.6 is 0 Å². The number of hydrogen-bond donors (Lipinski definition) is 1. The van der Waals surface area contributed by atoms with Gasteiger partial charge in [0.25, 0.3) is 0 Å². The quantitative estimate of drug-likeness (QED) is 0.306. The van der Waals surface area contributed by atoms with Crippen LogP contribution in [0.5, 0.6) is 0 Å². The highest BCUT2D eigenvalue weighted by Crippen LogP contribution is 2.28. The van der Waals surface area contributed by atoms with Gasteiger partial charge in [0.1, 0.15) is 0 Å². The Labute approximate surface area is 77.6 Å². The molecular weight excluding hydrogens is 170 g/mol. The average molecular weight is 185 g/mol. The van der Waals surface area contributed by atoms with E-state index in [0.29, 0.717) is 5.92 Å². The van der Waals surface area contributed by atoms with Gasteiger partial charge in [-0.2, -0.15) is 0 Å². The highest BCUT2D eigenvalue weighted by molar-refractivity contribution is 5.72. The van der Waals surface area contributed by atoms with Gasteiger partial charge in [-0.1, -0.05) is 0 Å². The summed E-state index contributed by atoms with van der Waals surface area (Å²) in [7, 11) is 1.42. The van der Waals surface area contributed by atoms with Crippen molar-refractivity contribution in [1.82, 2.24) is 0 Å². The predicted octanol–water partition coefficient (Wildman–Crippen LogP) is 1.43. The summed E-state index contributed by atoms with van der Waals surface area (Å²) in [6.45, 7) is 0. The molecule has 1 aliphatic rings. The molecular formula is C9H15NO3. The van der Waals surface area contributed by atoms with E-state index in [0.717, 1.165) is 25.7 Å². The minimum atomic E-state index is -0.112. The minimum absolute atomic E-state index is 0.0494. The summed E-state index contributed by atoms with van der Waals surface area (Å²) >= 11 is 0. The van der Waals surface area contributed by atoms with E-state index in [-0.39, 0.29) is 11.9 Å². The lowest BCUT2D eigenvalue weighted by atomic mass is 9.83. The molecule has 74 valence electrons. The summed E-state index contributed by atoms with van der Waals surface area (Å²) in [6, 6.07) is 0. The van der Waals surface area contributed by atoms with Gasteiger partial charge in [-0.15, -0.1) is 5.16 Å². The highest BCUT2D eigenvalue weighted by atomic mass is 16.5. The number of methoxy groups -OCH3 is 1. The van der Waals surface area contributed by atoms with Crippen molar-refractivity contribution in [3.63, 3.8) is 0 Å². The lowest BCUT2D eigenvalue weighted by molar-refractivity contribution is -0.146. The van der Waals surface area contributed by atoms with E-state index >= 15 is 0 Å². The Morgan fingerprint density at radius 1 is 1.46 bits per heavy atom. The molecule has 0 heterocycles. The van der Waals surface area contributed by atoms with Gasteiger partial charge in [-0.3, -0.25) is 4.79 Å². The molecule has 0 saturated heterocycles. The van der Waals surface area contributed by atoms with Crippen LogP contribution in [0.4, 0.5) is 0 Å². The molecule has 0 unspecified atom stereocenters. The zero-order valence-electron chi connectivity index (χ0n) is 7.77. The van der Waals surface area contributed by atoms with Gasteiger partial charge in [0, 0.05) is 6.21 Å². The summed E-state index contributed by atoms with van der Waals surface area (Å²) in [5.74, 6) is 0.263. The van der Waals surface area contributed by atoms with Crippen molar-refractivity contribution in [3.8, 4) is 0 Å². The first-order valence-electron chi connectivity index (χ1n) is 4.53. The number of hydrogen-bond acceptors (Lipinski definition) is 4. The molecule has 1 aliphatic carbocycles. The summed E-state index contributed by atoms with van der Waals surface area (Å²) in [4.78, 5) is 11.1. The fraction of sp³-hybridized carbons (Fsp3) is 0.778. The van der Waals surface area contributed by atoms with Crippen molar-refractivity contribution in [1.29, 1.82) is 0 Å². The zero-order chi connectivity index (χ0) is 9.68. The Hall–Kier alpha value is -1.06. The number of carbonyl (C=O) groups is 1. The van der Waals surface area contributed by atoms with Crippen molar-refractivity contribution in [2.75, 3.05) is 7.11 Å². The van der Waals surface area contributed by atoms with Crippen molar-refractivity contribution >= 4 is 12.2 Å². The molecule has 0 bridgehead atoms. The van der Waals surface area contributed by atoms with Gasteiger partial charge >= 0.3 is 5.97 Å². The molecule has 0 amide bonds. The van der Waals surface area contributed by atoms with Gasteiger partial charge in [0.15, 0.2) is 0 Å². The van der Waals surface area contributed by atoms with Crippen molar-refractivity contribution < 1.29 is 14.7 Å². The van der Waals surface area contributed by atoms with Crippen LogP contribution in [0.3, 0.4) is 0 Å². The molecule has 0 aromatic carbocycles. The topological polar surface area (TPSA) is 58.9 Å². The van der Waals surface area contributed by atoms with E-state index in [1.807, 2.05) is 0 Å². The van der Waals surface area contributed by atoms with Crippen molar-refractivity contribution in [2.24, 2.45) is 17.0 Å². The largest absolute Gasteiger partial charge is 0.469 e. The molecule has 1 N–H and O–H groups in total. The van der Waals surface area contributed by atoms with Gasteiger partial charge in [0.2, 0.25) is 0 Å². The molecule has 0 aliphatic heterocycles.